The molecule has 1 saturated carbocycles. The highest BCUT2D eigenvalue weighted by molar-refractivity contribution is 5.62. The van der Waals surface area contributed by atoms with Crippen molar-refractivity contribution in [1.82, 2.24) is 4.90 Å². The quantitative estimate of drug-likeness (QED) is 0.766. The molecule has 3 rings (SSSR count). The van der Waals surface area contributed by atoms with Gasteiger partial charge < -0.3 is 9.80 Å². The lowest BCUT2D eigenvalue weighted by atomic mass is 10.0. The number of rotatable bonds is 2. The van der Waals surface area contributed by atoms with E-state index >= 15 is 0 Å². The fraction of sp³-hybridized carbons (Fsp3) is 0.467. The summed E-state index contributed by atoms with van der Waals surface area (Å²) in [7, 11) is 0. The highest BCUT2D eigenvalue weighted by Crippen LogP contribution is 2.33. The predicted molar refractivity (Wildman–Crippen MR) is 72.0 cm³/mol. The molecule has 0 N–H and O–H groups in total. The zero-order chi connectivity index (χ0) is 12.0. The molecule has 0 atom stereocenters. The summed E-state index contributed by atoms with van der Waals surface area (Å²) >= 11 is 0. The standard InChI is InChI=1S/C15H20N2/c1-11-8-12(2)15(13(3)9-11)17-7-6-16(10-17)14-4-5-14/h6-9,14H,4-5,10H2,1-3H3. The van der Waals surface area contributed by atoms with Crippen LogP contribution in [0.4, 0.5) is 5.69 Å². The van der Waals surface area contributed by atoms with Crippen LogP contribution in [0.5, 0.6) is 0 Å². The second-order valence-electron chi connectivity index (χ2n) is 5.40. The van der Waals surface area contributed by atoms with Crippen LogP contribution in [-0.2, 0) is 0 Å². The Morgan fingerprint density at radius 2 is 1.65 bits per heavy atom. The van der Waals surface area contributed by atoms with Crippen molar-refractivity contribution in [2.24, 2.45) is 0 Å². The number of aryl methyl sites for hydroxylation is 3. The van der Waals surface area contributed by atoms with Gasteiger partial charge in [-0.05, 0) is 44.7 Å². The van der Waals surface area contributed by atoms with Gasteiger partial charge in [-0.25, -0.2) is 0 Å². The lowest BCUT2D eigenvalue weighted by Gasteiger charge is -2.24. The van der Waals surface area contributed by atoms with Gasteiger partial charge in [0.1, 0.15) is 0 Å². The van der Waals surface area contributed by atoms with E-state index in [1.54, 1.807) is 0 Å². The molecule has 0 spiro atoms. The molecule has 0 radical (unpaired) electrons. The number of hydrogen-bond donors (Lipinski definition) is 0. The molecule has 0 saturated heterocycles. The fourth-order valence-corrected chi connectivity index (χ4v) is 2.85. The first-order chi connectivity index (χ1) is 8.15. The number of nitrogens with zero attached hydrogens (tertiary/aromatic N) is 2. The highest BCUT2D eigenvalue weighted by Gasteiger charge is 2.30. The third-order valence-electron chi connectivity index (χ3n) is 3.69. The first kappa shape index (κ1) is 10.7. The largest absolute Gasteiger partial charge is 0.355 e. The molecule has 0 bridgehead atoms. The third-order valence-corrected chi connectivity index (χ3v) is 3.69. The van der Waals surface area contributed by atoms with Gasteiger partial charge >= 0.3 is 0 Å². The van der Waals surface area contributed by atoms with Crippen molar-refractivity contribution < 1.29 is 0 Å². The molecule has 2 aliphatic rings. The first-order valence-electron chi connectivity index (χ1n) is 6.44. The fourth-order valence-electron chi connectivity index (χ4n) is 2.85. The maximum Gasteiger partial charge on any atom is 0.0944 e. The number of benzene rings is 1. The Labute approximate surface area is 104 Å². The Balaban J connectivity index is 1.87. The molecule has 1 aliphatic carbocycles. The van der Waals surface area contributed by atoms with Crippen molar-refractivity contribution >= 4 is 5.69 Å². The molecule has 1 aromatic rings. The van der Waals surface area contributed by atoms with E-state index in [0.29, 0.717) is 0 Å². The highest BCUT2D eigenvalue weighted by atomic mass is 15.4. The second kappa shape index (κ2) is 3.80. The van der Waals surface area contributed by atoms with Crippen molar-refractivity contribution in [3.05, 3.63) is 41.2 Å². The van der Waals surface area contributed by atoms with Crippen molar-refractivity contribution in [2.75, 3.05) is 11.6 Å². The van der Waals surface area contributed by atoms with Gasteiger partial charge in [-0.15, -0.1) is 0 Å². The first-order valence-corrected chi connectivity index (χ1v) is 6.44. The van der Waals surface area contributed by atoms with Crippen LogP contribution in [0.25, 0.3) is 0 Å². The summed E-state index contributed by atoms with van der Waals surface area (Å²) in [5.41, 5.74) is 5.50. The molecule has 90 valence electrons. The molecule has 1 heterocycles. The Kier molecular flexibility index (Phi) is 2.39. The van der Waals surface area contributed by atoms with Crippen molar-refractivity contribution in [3.8, 4) is 0 Å². The second-order valence-corrected chi connectivity index (χ2v) is 5.40. The van der Waals surface area contributed by atoms with Gasteiger partial charge in [0.05, 0.1) is 6.67 Å². The summed E-state index contributed by atoms with van der Waals surface area (Å²) in [4.78, 5) is 4.83. The monoisotopic (exact) mass is 228 g/mol. The zero-order valence-corrected chi connectivity index (χ0v) is 10.9. The minimum Gasteiger partial charge on any atom is -0.355 e. The minimum absolute atomic E-state index is 0.808. The molecule has 2 nitrogen and oxygen atoms in total. The van der Waals surface area contributed by atoms with Gasteiger partial charge in [-0.1, -0.05) is 17.7 Å². The lowest BCUT2D eigenvalue weighted by Crippen LogP contribution is -2.27. The van der Waals surface area contributed by atoms with Crippen molar-refractivity contribution in [3.63, 3.8) is 0 Å². The van der Waals surface area contributed by atoms with Crippen LogP contribution < -0.4 is 4.90 Å². The zero-order valence-electron chi connectivity index (χ0n) is 10.9. The summed E-state index contributed by atoms with van der Waals surface area (Å²) < 4.78 is 0. The van der Waals surface area contributed by atoms with Crippen LogP contribution in [0.15, 0.2) is 24.5 Å². The molecule has 1 aliphatic heterocycles. The SMILES string of the molecule is Cc1cc(C)c(N2C=CN(C3CC3)C2)c(C)c1. The van der Waals surface area contributed by atoms with Gasteiger partial charge in [0, 0.05) is 24.1 Å². The normalized spacial score (nSPS) is 19.2. The van der Waals surface area contributed by atoms with Crippen LogP contribution >= 0.6 is 0 Å². The summed E-state index contributed by atoms with van der Waals surface area (Å²) in [6, 6.07) is 5.36. The van der Waals surface area contributed by atoms with Gasteiger partial charge in [-0.3, -0.25) is 0 Å². The molecule has 1 aromatic carbocycles. The van der Waals surface area contributed by atoms with E-state index in [2.05, 4.69) is 55.1 Å². The number of hydrogen-bond acceptors (Lipinski definition) is 2. The molecule has 17 heavy (non-hydrogen) atoms. The Morgan fingerprint density at radius 3 is 2.24 bits per heavy atom. The molecule has 0 unspecified atom stereocenters. The Hall–Kier alpha value is -1.44. The lowest BCUT2D eigenvalue weighted by molar-refractivity contribution is 0.396. The van der Waals surface area contributed by atoms with E-state index < -0.39 is 0 Å². The van der Waals surface area contributed by atoms with Crippen LogP contribution in [0, 0.1) is 20.8 Å². The van der Waals surface area contributed by atoms with Crippen LogP contribution in [0.2, 0.25) is 0 Å². The molecular weight excluding hydrogens is 208 g/mol. The van der Waals surface area contributed by atoms with E-state index in [1.807, 2.05) is 0 Å². The van der Waals surface area contributed by atoms with E-state index in [4.69, 9.17) is 0 Å². The Morgan fingerprint density at radius 1 is 1.00 bits per heavy atom. The van der Waals surface area contributed by atoms with Gasteiger partial charge in [0.2, 0.25) is 0 Å². The molecular formula is C15H20N2. The van der Waals surface area contributed by atoms with Gasteiger partial charge in [0.15, 0.2) is 0 Å². The van der Waals surface area contributed by atoms with Crippen molar-refractivity contribution in [2.45, 2.75) is 39.7 Å². The molecule has 0 amide bonds. The molecule has 2 heteroatoms. The topological polar surface area (TPSA) is 6.48 Å². The van der Waals surface area contributed by atoms with E-state index in [0.717, 1.165) is 12.7 Å². The summed E-state index contributed by atoms with van der Waals surface area (Å²) in [5, 5.41) is 0. The summed E-state index contributed by atoms with van der Waals surface area (Å²) in [6.07, 6.45) is 7.20. The average Bonchev–Trinajstić information content (AvgIpc) is 2.98. The van der Waals surface area contributed by atoms with E-state index in [1.165, 1.54) is 35.2 Å². The van der Waals surface area contributed by atoms with Crippen LogP contribution in [0.1, 0.15) is 29.5 Å². The smallest absolute Gasteiger partial charge is 0.0944 e. The van der Waals surface area contributed by atoms with Crippen molar-refractivity contribution in [1.29, 1.82) is 0 Å². The maximum absolute atomic E-state index is 2.46. The minimum atomic E-state index is 0.808. The van der Waals surface area contributed by atoms with Crippen LogP contribution in [0.3, 0.4) is 0 Å². The molecule has 0 aromatic heterocycles. The van der Waals surface area contributed by atoms with Gasteiger partial charge in [-0.2, -0.15) is 0 Å². The average molecular weight is 228 g/mol. The van der Waals surface area contributed by atoms with Crippen LogP contribution in [-0.4, -0.2) is 17.6 Å². The van der Waals surface area contributed by atoms with E-state index in [-0.39, 0.29) is 0 Å². The third kappa shape index (κ3) is 1.92. The Bertz CT molecular complexity index is 449. The van der Waals surface area contributed by atoms with E-state index in [9.17, 15) is 0 Å². The summed E-state index contributed by atoms with van der Waals surface area (Å²) in [5.74, 6) is 0. The molecule has 1 fully saturated rings. The summed E-state index contributed by atoms with van der Waals surface area (Å²) in [6.45, 7) is 7.61. The maximum atomic E-state index is 2.46. The van der Waals surface area contributed by atoms with Gasteiger partial charge in [0.25, 0.3) is 0 Å². The number of anilines is 1. The predicted octanol–water partition coefficient (Wildman–Crippen LogP) is 3.32.